The number of alkyl halides is 3. The SMILES string of the molecule is COCCN(C(=O)c1ccc2[nH]c(=O)c3c(C)nc(C4CCCCC4)n3c2c1)C(F)(F)F. The maximum absolute atomic E-state index is 13.5. The number of methoxy groups -OCH3 is 1. The van der Waals surface area contributed by atoms with Crippen LogP contribution in [0.5, 0.6) is 0 Å². The molecule has 1 aliphatic carbocycles. The summed E-state index contributed by atoms with van der Waals surface area (Å²) in [4.78, 5) is 32.8. The molecule has 0 unspecified atom stereocenters. The number of aromatic nitrogens is 3. The van der Waals surface area contributed by atoms with E-state index in [9.17, 15) is 22.8 Å². The number of carbonyl (C=O) groups is 1. The van der Waals surface area contributed by atoms with Gasteiger partial charge in [-0.3, -0.25) is 14.0 Å². The largest absolute Gasteiger partial charge is 0.487 e. The van der Waals surface area contributed by atoms with E-state index < -0.39 is 18.8 Å². The van der Waals surface area contributed by atoms with E-state index in [4.69, 9.17) is 4.74 Å². The molecule has 172 valence electrons. The number of benzene rings is 1. The quantitative estimate of drug-likeness (QED) is 0.593. The first-order chi connectivity index (χ1) is 15.2. The first-order valence-corrected chi connectivity index (χ1v) is 10.6. The summed E-state index contributed by atoms with van der Waals surface area (Å²) in [6.45, 7) is 0.881. The molecular weight excluding hydrogens is 425 g/mol. The Bertz CT molecular complexity index is 1210. The van der Waals surface area contributed by atoms with Crippen molar-refractivity contribution in [2.75, 3.05) is 20.3 Å². The molecule has 7 nitrogen and oxygen atoms in total. The minimum Gasteiger partial charge on any atom is -0.383 e. The van der Waals surface area contributed by atoms with E-state index in [1.54, 1.807) is 11.3 Å². The summed E-state index contributed by atoms with van der Waals surface area (Å²) >= 11 is 0. The molecule has 2 aromatic heterocycles. The van der Waals surface area contributed by atoms with E-state index in [0.717, 1.165) is 37.9 Å². The van der Waals surface area contributed by atoms with Crippen molar-refractivity contribution in [3.63, 3.8) is 0 Å². The summed E-state index contributed by atoms with van der Waals surface area (Å²) in [6.07, 6.45) is 0.291. The van der Waals surface area contributed by atoms with E-state index in [1.165, 1.54) is 25.3 Å². The second-order valence-electron chi connectivity index (χ2n) is 8.18. The van der Waals surface area contributed by atoms with Gasteiger partial charge < -0.3 is 9.72 Å². The van der Waals surface area contributed by atoms with Gasteiger partial charge in [0.05, 0.1) is 29.9 Å². The van der Waals surface area contributed by atoms with Crippen molar-refractivity contribution in [2.24, 2.45) is 0 Å². The summed E-state index contributed by atoms with van der Waals surface area (Å²) in [5.74, 6) is -0.292. The first-order valence-electron chi connectivity index (χ1n) is 10.6. The number of halogens is 3. The maximum Gasteiger partial charge on any atom is 0.487 e. The molecule has 1 aliphatic rings. The molecule has 1 saturated carbocycles. The van der Waals surface area contributed by atoms with Crippen LogP contribution in [0.25, 0.3) is 16.6 Å². The summed E-state index contributed by atoms with van der Waals surface area (Å²) in [5.41, 5.74) is 1.36. The van der Waals surface area contributed by atoms with E-state index in [-0.39, 0.29) is 28.5 Å². The summed E-state index contributed by atoms with van der Waals surface area (Å²) in [5, 5.41) is 0. The van der Waals surface area contributed by atoms with Crippen LogP contribution in [0.2, 0.25) is 0 Å². The Labute approximate surface area is 182 Å². The average Bonchev–Trinajstić information content (AvgIpc) is 3.11. The number of carbonyl (C=O) groups excluding carboxylic acids is 1. The van der Waals surface area contributed by atoms with Crippen molar-refractivity contribution < 1.29 is 22.7 Å². The molecule has 0 spiro atoms. The lowest BCUT2D eigenvalue weighted by Crippen LogP contribution is -2.44. The molecule has 1 amide bonds. The van der Waals surface area contributed by atoms with Crippen molar-refractivity contribution in [3.8, 4) is 0 Å². The van der Waals surface area contributed by atoms with Crippen molar-refractivity contribution in [1.82, 2.24) is 19.3 Å². The number of aryl methyl sites for hydroxylation is 1. The number of hydrogen-bond donors (Lipinski definition) is 1. The number of hydrogen-bond acceptors (Lipinski definition) is 4. The Morgan fingerprint density at radius 1 is 1.28 bits per heavy atom. The van der Waals surface area contributed by atoms with Crippen LogP contribution in [0.15, 0.2) is 23.0 Å². The Balaban J connectivity index is 1.89. The van der Waals surface area contributed by atoms with Gasteiger partial charge in [-0.1, -0.05) is 19.3 Å². The second kappa shape index (κ2) is 8.57. The van der Waals surface area contributed by atoms with Crippen LogP contribution >= 0.6 is 0 Å². The molecule has 0 aliphatic heterocycles. The molecule has 1 fully saturated rings. The number of fused-ring (bicyclic) bond motifs is 3. The fourth-order valence-corrected chi connectivity index (χ4v) is 4.51. The molecule has 0 bridgehead atoms. The van der Waals surface area contributed by atoms with Gasteiger partial charge in [-0.25, -0.2) is 9.88 Å². The minimum atomic E-state index is -4.84. The molecule has 32 heavy (non-hydrogen) atoms. The van der Waals surface area contributed by atoms with Crippen LogP contribution in [-0.2, 0) is 4.74 Å². The minimum absolute atomic E-state index is 0.125. The number of amides is 1. The van der Waals surface area contributed by atoms with Gasteiger partial charge in [0.15, 0.2) is 0 Å². The Hall–Kier alpha value is -2.88. The van der Waals surface area contributed by atoms with Gasteiger partial charge in [0.2, 0.25) is 0 Å². The zero-order valence-electron chi connectivity index (χ0n) is 18.0. The van der Waals surface area contributed by atoms with Crippen LogP contribution in [-0.4, -0.2) is 51.7 Å². The molecule has 0 atom stereocenters. The van der Waals surface area contributed by atoms with Gasteiger partial charge in [0.1, 0.15) is 11.3 Å². The predicted molar refractivity (Wildman–Crippen MR) is 113 cm³/mol. The van der Waals surface area contributed by atoms with Crippen molar-refractivity contribution >= 4 is 22.5 Å². The second-order valence-corrected chi connectivity index (χ2v) is 8.18. The third-order valence-electron chi connectivity index (χ3n) is 6.07. The van der Waals surface area contributed by atoms with E-state index in [2.05, 4.69) is 9.97 Å². The molecule has 4 rings (SSSR count). The summed E-state index contributed by atoms with van der Waals surface area (Å²) in [6, 6.07) is 4.16. The van der Waals surface area contributed by atoms with E-state index in [0.29, 0.717) is 22.2 Å². The van der Waals surface area contributed by atoms with Gasteiger partial charge in [-0.05, 0) is 38.0 Å². The van der Waals surface area contributed by atoms with Gasteiger partial charge in [0, 0.05) is 18.6 Å². The van der Waals surface area contributed by atoms with Gasteiger partial charge in [-0.2, -0.15) is 0 Å². The Morgan fingerprint density at radius 2 is 2.00 bits per heavy atom. The smallest absolute Gasteiger partial charge is 0.383 e. The molecule has 0 radical (unpaired) electrons. The zero-order chi connectivity index (χ0) is 23.0. The number of imidazole rings is 1. The Kier molecular flexibility index (Phi) is 5.98. The highest BCUT2D eigenvalue weighted by molar-refractivity contribution is 5.98. The normalized spacial score (nSPS) is 15.5. The van der Waals surface area contributed by atoms with Crippen molar-refractivity contribution in [1.29, 1.82) is 0 Å². The van der Waals surface area contributed by atoms with Crippen LogP contribution in [0.3, 0.4) is 0 Å². The first kappa shape index (κ1) is 22.3. The fraction of sp³-hybridized carbons (Fsp3) is 0.500. The highest BCUT2D eigenvalue weighted by atomic mass is 19.4. The van der Waals surface area contributed by atoms with Crippen LogP contribution < -0.4 is 5.56 Å². The number of ether oxygens (including phenoxy) is 1. The lowest BCUT2D eigenvalue weighted by Gasteiger charge is -2.25. The number of H-pyrrole nitrogens is 1. The van der Waals surface area contributed by atoms with Gasteiger partial charge >= 0.3 is 6.30 Å². The third-order valence-corrected chi connectivity index (χ3v) is 6.07. The molecule has 1 aromatic carbocycles. The van der Waals surface area contributed by atoms with Crippen LogP contribution in [0.4, 0.5) is 13.2 Å². The van der Waals surface area contributed by atoms with Gasteiger partial charge in [-0.15, -0.1) is 13.2 Å². The highest BCUT2D eigenvalue weighted by Gasteiger charge is 2.41. The number of nitrogens with zero attached hydrogens (tertiary/aromatic N) is 3. The highest BCUT2D eigenvalue weighted by Crippen LogP contribution is 2.34. The topological polar surface area (TPSA) is 79.7 Å². The summed E-state index contributed by atoms with van der Waals surface area (Å²) < 4.78 is 46.9. The molecule has 2 heterocycles. The van der Waals surface area contributed by atoms with Gasteiger partial charge in [0.25, 0.3) is 11.5 Å². The number of nitrogens with one attached hydrogen (secondary N) is 1. The number of rotatable bonds is 5. The zero-order valence-corrected chi connectivity index (χ0v) is 18.0. The fourth-order valence-electron chi connectivity index (χ4n) is 4.51. The lowest BCUT2D eigenvalue weighted by molar-refractivity contribution is -0.226. The van der Waals surface area contributed by atoms with Crippen LogP contribution in [0.1, 0.15) is 59.9 Å². The van der Waals surface area contributed by atoms with E-state index in [1.807, 2.05) is 0 Å². The molecule has 0 saturated heterocycles. The number of aromatic amines is 1. The summed E-state index contributed by atoms with van der Waals surface area (Å²) in [7, 11) is 1.27. The molecule has 10 heteroatoms. The predicted octanol–water partition coefficient (Wildman–Crippen LogP) is 4.14. The molecule has 3 aromatic rings. The monoisotopic (exact) mass is 450 g/mol. The van der Waals surface area contributed by atoms with Crippen molar-refractivity contribution in [3.05, 3.63) is 45.6 Å². The molecular formula is C22H25F3N4O3. The standard InChI is InChI=1S/C22H25F3N4O3/c1-13-18-20(30)27-16-9-8-15(21(31)28(10-11-32-2)22(23,24)25)12-17(16)29(18)19(26-13)14-6-4-3-5-7-14/h8-9,12,14H,3-7,10-11H2,1-2H3,(H,27,30). The van der Waals surface area contributed by atoms with Crippen molar-refractivity contribution in [2.45, 2.75) is 51.2 Å². The van der Waals surface area contributed by atoms with E-state index >= 15 is 0 Å². The average molecular weight is 450 g/mol. The Morgan fingerprint density at radius 3 is 2.66 bits per heavy atom. The third kappa shape index (κ3) is 3.99. The maximum atomic E-state index is 13.5. The molecule has 1 N–H and O–H groups in total. The van der Waals surface area contributed by atoms with Crippen LogP contribution in [0, 0.1) is 6.92 Å². The lowest BCUT2D eigenvalue weighted by atomic mass is 9.88.